The molecule has 1 heterocycles. The maximum Gasteiger partial charge on any atom is 0.319 e. The number of ketones is 1. The first-order chi connectivity index (χ1) is 11.1. The molecule has 1 aliphatic heterocycles. The molecule has 1 amide bonds. The van der Waals surface area contributed by atoms with Gasteiger partial charge in [-0.25, -0.2) is 0 Å². The van der Waals surface area contributed by atoms with Gasteiger partial charge in [0, 0.05) is 5.69 Å². The Hall–Kier alpha value is -2.95. The fourth-order valence-corrected chi connectivity index (χ4v) is 2.89. The molecular weight excluding hydrogens is 294 g/mol. The van der Waals surface area contributed by atoms with Crippen LogP contribution < -0.4 is 4.90 Å². The lowest BCUT2D eigenvalue weighted by molar-refractivity contribution is -0.150. The summed E-state index contributed by atoms with van der Waals surface area (Å²) in [4.78, 5) is 38.4. The topological polar surface area (TPSA) is 63.7 Å². The average molecular weight is 309 g/mol. The average Bonchev–Trinajstić information content (AvgIpc) is 2.87. The summed E-state index contributed by atoms with van der Waals surface area (Å²) in [5.74, 6) is -3.29. The second-order valence-corrected chi connectivity index (χ2v) is 5.23. The third-order valence-corrected chi connectivity index (χ3v) is 3.94. The van der Waals surface area contributed by atoms with Crippen LogP contribution in [-0.2, 0) is 19.1 Å². The molecule has 0 unspecified atom stereocenters. The lowest BCUT2D eigenvalue weighted by Crippen LogP contribution is -2.30. The first-order valence-corrected chi connectivity index (χ1v) is 7.20. The van der Waals surface area contributed by atoms with Crippen molar-refractivity contribution in [1.82, 2.24) is 0 Å². The number of Topliss-reactive ketones (excluding diaryl/α,β-unsaturated/α-hetero) is 1. The van der Waals surface area contributed by atoms with E-state index in [1.807, 2.05) is 12.1 Å². The quantitative estimate of drug-likeness (QED) is 0.495. The summed E-state index contributed by atoms with van der Waals surface area (Å²) in [5.41, 5.74) is 1.29. The van der Waals surface area contributed by atoms with Gasteiger partial charge in [-0.05, 0) is 17.7 Å². The van der Waals surface area contributed by atoms with Gasteiger partial charge in [0.2, 0.25) is 5.78 Å². The number of carbonyl (C=O) groups excluding carboxylic acids is 3. The van der Waals surface area contributed by atoms with Crippen molar-refractivity contribution >= 4 is 23.3 Å². The van der Waals surface area contributed by atoms with Crippen LogP contribution in [0.1, 0.15) is 11.6 Å². The van der Waals surface area contributed by atoms with E-state index in [9.17, 15) is 14.4 Å². The fraction of sp³-hybridized carbons (Fsp3) is 0.167. The number of rotatable bonds is 3. The van der Waals surface area contributed by atoms with Gasteiger partial charge in [0.05, 0.1) is 13.2 Å². The number of esters is 1. The summed E-state index contributed by atoms with van der Waals surface area (Å²) in [7, 11) is 1.22. The van der Waals surface area contributed by atoms with Crippen molar-refractivity contribution in [2.24, 2.45) is 5.92 Å². The Morgan fingerprint density at radius 1 is 0.957 bits per heavy atom. The molecular formula is C18H15NO4. The molecule has 0 radical (unpaired) electrons. The highest BCUT2D eigenvalue weighted by Crippen LogP contribution is 2.39. The number of benzene rings is 2. The molecule has 0 N–H and O–H groups in total. The lowest BCUT2D eigenvalue weighted by Gasteiger charge is -2.26. The van der Waals surface area contributed by atoms with Crippen molar-refractivity contribution in [3.63, 3.8) is 0 Å². The van der Waals surface area contributed by atoms with E-state index >= 15 is 0 Å². The standard InChI is InChI=1S/C18H15NO4/c1-23-18(22)14-15(12-8-4-2-5-9-12)19(17(21)16(14)20)13-10-6-3-7-11-13/h2-11,14-15H,1H3/t14-,15-/m1/s1. The number of amides is 1. The van der Waals surface area contributed by atoms with Crippen LogP contribution in [0.15, 0.2) is 60.7 Å². The Labute approximate surface area is 133 Å². The van der Waals surface area contributed by atoms with Crippen LogP contribution in [0.25, 0.3) is 0 Å². The van der Waals surface area contributed by atoms with Gasteiger partial charge < -0.3 is 4.74 Å². The third kappa shape index (κ3) is 2.50. The molecule has 1 fully saturated rings. The zero-order valence-corrected chi connectivity index (χ0v) is 12.5. The number of carbonyl (C=O) groups is 3. The summed E-state index contributed by atoms with van der Waals surface area (Å²) >= 11 is 0. The summed E-state index contributed by atoms with van der Waals surface area (Å²) in [6.45, 7) is 0. The Kier molecular flexibility index (Phi) is 3.93. The van der Waals surface area contributed by atoms with Crippen LogP contribution >= 0.6 is 0 Å². The smallest absolute Gasteiger partial charge is 0.319 e. The third-order valence-electron chi connectivity index (χ3n) is 3.94. The maximum absolute atomic E-state index is 12.5. The first-order valence-electron chi connectivity index (χ1n) is 7.20. The van der Waals surface area contributed by atoms with Crippen LogP contribution in [0.5, 0.6) is 0 Å². The molecule has 2 aromatic rings. The summed E-state index contributed by atoms with van der Waals surface area (Å²) in [6, 6.07) is 17.2. The zero-order valence-electron chi connectivity index (χ0n) is 12.5. The molecule has 0 saturated carbocycles. The minimum absolute atomic E-state index is 0.575. The summed E-state index contributed by atoms with van der Waals surface area (Å²) in [6.07, 6.45) is 0. The van der Waals surface area contributed by atoms with E-state index in [2.05, 4.69) is 0 Å². The maximum atomic E-state index is 12.5. The van der Waals surface area contributed by atoms with Crippen molar-refractivity contribution in [2.75, 3.05) is 12.0 Å². The molecule has 2 atom stereocenters. The van der Waals surface area contributed by atoms with Gasteiger partial charge in [-0.1, -0.05) is 48.5 Å². The molecule has 1 aliphatic rings. The van der Waals surface area contributed by atoms with Gasteiger partial charge in [-0.3, -0.25) is 19.3 Å². The van der Waals surface area contributed by atoms with E-state index in [4.69, 9.17) is 4.74 Å². The zero-order chi connectivity index (χ0) is 16.4. The second-order valence-electron chi connectivity index (χ2n) is 5.23. The minimum Gasteiger partial charge on any atom is -0.468 e. The van der Waals surface area contributed by atoms with Crippen molar-refractivity contribution in [3.05, 3.63) is 66.2 Å². The van der Waals surface area contributed by atoms with Gasteiger partial charge in [-0.2, -0.15) is 0 Å². The van der Waals surface area contributed by atoms with Gasteiger partial charge in [-0.15, -0.1) is 0 Å². The molecule has 0 aromatic heterocycles. The number of hydrogen-bond acceptors (Lipinski definition) is 4. The predicted molar refractivity (Wildman–Crippen MR) is 83.6 cm³/mol. The van der Waals surface area contributed by atoms with Crippen LogP contribution in [-0.4, -0.2) is 24.8 Å². The monoisotopic (exact) mass is 309 g/mol. The molecule has 116 valence electrons. The summed E-state index contributed by atoms with van der Waals surface area (Å²) in [5, 5.41) is 0. The predicted octanol–water partition coefficient (Wildman–Crippen LogP) is 2.13. The van der Waals surface area contributed by atoms with Crippen molar-refractivity contribution in [2.45, 2.75) is 6.04 Å². The van der Waals surface area contributed by atoms with E-state index in [1.54, 1.807) is 48.5 Å². The molecule has 2 aromatic carbocycles. The van der Waals surface area contributed by atoms with Crippen LogP contribution in [0.3, 0.4) is 0 Å². The number of anilines is 1. The molecule has 5 nitrogen and oxygen atoms in total. The molecule has 0 bridgehead atoms. The molecule has 0 aliphatic carbocycles. The van der Waals surface area contributed by atoms with E-state index in [-0.39, 0.29) is 0 Å². The lowest BCUT2D eigenvalue weighted by atomic mass is 9.93. The second kappa shape index (κ2) is 6.04. The van der Waals surface area contributed by atoms with Crippen LogP contribution in [0.2, 0.25) is 0 Å². The number of hydrogen-bond donors (Lipinski definition) is 0. The molecule has 3 rings (SSSR count). The largest absolute Gasteiger partial charge is 0.468 e. The molecule has 23 heavy (non-hydrogen) atoms. The highest BCUT2D eigenvalue weighted by molar-refractivity contribution is 6.47. The van der Waals surface area contributed by atoms with E-state index < -0.39 is 29.6 Å². The van der Waals surface area contributed by atoms with E-state index in [0.29, 0.717) is 11.3 Å². The summed E-state index contributed by atoms with van der Waals surface area (Å²) < 4.78 is 4.75. The Bertz CT molecular complexity index is 742. The number of ether oxygens (including phenoxy) is 1. The highest BCUT2D eigenvalue weighted by atomic mass is 16.5. The number of methoxy groups -OCH3 is 1. The number of para-hydroxylation sites is 1. The molecule has 0 spiro atoms. The first kappa shape index (κ1) is 15.0. The van der Waals surface area contributed by atoms with Gasteiger partial charge >= 0.3 is 5.97 Å². The number of nitrogens with zero attached hydrogens (tertiary/aromatic N) is 1. The van der Waals surface area contributed by atoms with Crippen LogP contribution in [0.4, 0.5) is 5.69 Å². The Morgan fingerprint density at radius 2 is 1.52 bits per heavy atom. The van der Waals surface area contributed by atoms with Gasteiger partial charge in [0.25, 0.3) is 5.91 Å². The van der Waals surface area contributed by atoms with Crippen LogP contribution in [0, 0.1) is 5.92 Å². The van der Waals surface area contributed by atoms with Crippen molar-refractivity contribution < 1.29 is 19.1 Å². The minimum atomic E-state index is -1.16. The molecule has 1 saturated heterocycles. The van der Waals surface area contributed by atoms with Crippen molar-refractivity contribution in [1.29, 1.82) is 0 Å². The fourth-order valence-electron chi connectivity index (χ4n) is 2.89. The van der Waals surface area contributed by atoms with Gasteiger partial charge in [0.1, 0.15) is 5.92 Å². The molecule has 5 heteroatoms. The van der Waals surface area contributed by atoms with Crippen molar-refractivity contribution in [3.8, 4) is 0 Å². The van der Waals surface area contributed by atoms with E-state index in [1.165, 1.54) is 12.0 Å². The SMILES string of the molecule is COC(=O)[C@H]1C(=O)C(=O)N(c2ccccc2)[C@@H]1c1ccccc1. The van der Waals surface area contributed by atoms with E-state index in [0.717, 1.165) is 0 Å². The normalized spacial score (nSPS) is 20.7. The Morgan fingerprint density at radius 3 is 2.09 bits per heavy atom. The highest BCUT2D eigenvalue weighted by Gasteiger charge is 2.52. The van der Waals surface area contributed by atoms with Gasteiger partial charge in [0.15, 0.2) is 0 Å². The Balaban J connectivity index is 2.15.